The van der Waals surface area contributed by atoms with Crippen molar-refractivity contribution in [2.24, 2.45) is 5.73 Å². The first-order valence-electron chi connectivity index (χ1n) is 7.16. The van der Waals surface area contributed by atoms with Crippen LogP contribution in [0.2, 0.25) is 0 Å². The number of carbonyl (C=O) groups is 2. The van der Waals surface area contributed by atoms with Gasteiger partial charge in [0, 0.05) is 19.3 Å². The van der Waals surface area contributed by atoms with Crippen molar-refractivity contribution in [2.45, 2.75) is 24.7 Å². The average Bonchev–Trinajstić information content (AvgIpc) is 2.47. The first kappa shape index (κ1) is 18.9. The van der Waals surface area contributed by atoms with Crippen molar-refractivity contribution in [2.75, 3.05) is 25.5 Å². The lowest BCUT2D eigenvalue weighted by Crippen LogP contribution is -2.38. The number of nitrogens with zero attached hydrogens (tertiary/aromatic N) is 1. The average molecular weight is 342 g/mol. The highest BCUT2D eigenvalue weighted by Crippen LogP contribution is 2.15. The van der Waals surface area contributed by atoms with Crippen LogP contribution in [-0.2, 0) is 14.8 Å². The Balaban J connectivity index is 2.77. The minimum atomic E-state index is -3.61. The minimum absolute atomic E-state index is 0.0645. The van der Waals surface area contributed by atoms with Crippen LogP contribution in [-0.4, -0.2) is 45.4 Å². The number of urea groups is 1. The zero-order chi connectivity index (χ0) is 17.5. The Labute approximate surface area is 136 Å². The summed E-state index contributed by atoms with van der Waals surface area (Å²) in [5.41, 5.74) is 5.36. The maximum atomic E-state index is 12.1. The molecule has 128 valence electrons. The molecule has 0 fully saturated rings. The number of rotatable bonds is 8. The van der Waals surface area contributed by atoms with Gasteiger partial charge in [-0.05, 0) is 24.6 Å². The molecule has 23 heavy (non-hydrogen) atoms. The molecule has 0 aliphatic heterocycles. The van der Waals surface area contributed by atoms with Gasteiger partial charge in [0.2, 0.25) is 15.9 Å². The molecule has 9 heteroatoms. The van der Waals surface area contributed by atoms with Crippen molar-refractivity contribution in [3.05, 3.63) is 24.3 Å². The van der Waals surface area contributed by atoms with Crippen LogP contribution < -0.4 is 15.8 Å². The van der Waals surface area contributed by atoms with E-state index in [1.54, 1.807) is 6.07 Å². The Kier molecular flexibility index (Phi) is 6.98. The van der Waals surface area contributed by atoms with Crippen LogP contribution in [0.4, 0.5) is 10.5 Å². The number of benzene rings is 1. The molecule has 1 rings (SSSR count). The Hall–Kier alpha value is -2.13. The van der Waals surface area contributed by atoms with Crippen LogP contribution >= 0.6 is 0 Å². The number of amides is 3. The Morgan fingerprint density at radius 3 is 2.61 bits per heavy atom. The summed E-state index contributed by atoms with van der Waals surface area (Å²) in [5, 5.41) is 2.53. The molecular weight excluding hydrogens is 320 g/mol. The molecule has 0 heterocycles. The number of unbranched alkanes of at least 4 members (excludes halogenated alkanes) is 1. The van der Waals surface area contributed by atoms with Gasteiger partial charge in [-0.1, -0.05) is 19.4 Å². The summed E-state index contributed by atoms with van der Waals surface area (Å²) < 4.78 is 26.7. The highest BCUT2D eigenvalue weighted by Gasteiger charge is 2.15. The molecule has 0 spiro atoms. The van der Waals surface area contributed by atoms with E-state index in [1.165, 1.54) is 25.2 Å². The largest absolute Gasteiger partial charge is 0.351 e. The normalized spacial score (nSPS) is 11.0. The summed E-state index contributed by atoms with van der Waals surface area (Å²) in [6.45, 7) is 2.10. The van der Waals surface area contributed by atoms with Crippen molar-refractivity contribution in [1.29, 1.82) is 0 Å². The lowest BCUT2D eigenvalue weighted by molar-refractivity contribution is -0.116. The predicted molar refractivity (Wildman–Crippen MR) is 87.4 cm³/mol. The number of nitrogens with one attached hydrogen (secondary N) is 2. The molecule has 0 bridgehead atoms. The number of sulfonamides is 1. The summed E-state index contributed by atoms with van der Waals surface area (Å²) in [4.78, 5) is 23.8. The summed E-state index contributed by atoms with van der Waals surface area (Å²) in [7, 11) is -2.22. The number of carbonyl (C=O) groups excluding carboxylic acids is 2. The number of nitrogens with two attached hydrogens (primary N) is 1. The van der Waals surface area contributed by atoms with Gasteiger partial charge in [-0.2, -0.15) is 0 Å². The summed E-state index contributed by atoms with van der Waals surface area (Å²) in [6, 6.07) is 5.17. The Bertz CT molecular complexity index is 660. The SMILES string of the molecule is CCCCNS(=O)(=O)c1cccc(NC(=O)CN(C)C(N)=O)c1. The van der Waals surface area contributed by atoms with E-state index in [-0.39, 0.29) is 11.4 Å². The van der Waals surface area contributed by atoms with Crippen molar-refractivity contribution >= 4 is 27.6 Å². The van der Waals surface area contributed by atoms with Crippen molar-refractivity contribution in [1.82, 2.24) is 9.62 Å². The quantitative estimate of drug-likeness (QED) is 0.602. The van der Waals surface area contributed by atoms with E-state index in [4.69, 9.17) is 5.73 Å². The van der Waals surface area contributed by atoms with Gasteiger partial charge in [0.15, 0.2) is 0 Å². The molecule has 0 aromatic heterocycles. The predicted octanol–water partition coefficient (Wildman–Crippen LogP) is 0.714. The first-order chi connectivity index (χ1) is 10.8. The maximum absolute atomic E-state index is 12.1. The summed E-state index contributed by atoms with van der Waals surface area (Å²) in [6.07, 6.45) is 1.63. The van der Waals surface area contributed by atoms with Crippen LogP contribution in [0.15, 0.2) is 29.2 Å². The van der Waals surface area contributed by atoms with Gasteiger partial charge in [-0.15, -0.1) is 0 Å². The zero-order valence-corrected chi connectivity index (χ0v) is 14.0. The van der Waals surface area contributed by atoms with E-state index in [2.05, 4.69) is 10.0 Å². The van der Waals surface area contributed by atoms with Gasteiger partial charge in [0.1, 0.15) is 6.54 Å². The molecule has 8 nitrogen and oxygen atoms in total. The van der Waals surface area contributed by atoms with Gasteiger partial charge < -0.3 is 16.0 Å². The number of likely N-dealkylation sites (N-methyl/N-ethyl adjacent to an activating group) is 1. The molecule has 1 aromatic carbocycles. The third-order valence-electron chi connectivity index (χ3n) is 3.01. The number of anilines is 1. The van der Waals surface area contributed by atoms with E-state index >= 15 is 0 Å². The minimum Gasteiger partial charge on any atom is -0.351 e. The molecule has 0 aliphatic carbocycles. The number of hydrogen-bond donors (Lipinski definition) is 3. The number of hydrogen-bond acceptors (Lipinski definition) is 4. The second kappa shape index (κ2) is 8.49. The molecule has 0 aliphatic rings. The molecule has 3 amide bonds. The van der Waals surface area contributed by atoms with Gasteiger partial charge in [0.25, 0.3) is 0 Å². The Morgan fingerprint density at radius 2 is 2.00 bits per heavy atom. The van der Waals surface area contributed by atoms with E-state index in [1.807, 2.05) is 6.92 Å². The second-order valence-electron chi connectivity index (χ2n) is 5.02. The molecule has 0 atom stereocenters. The van der Waals surface area contributed by atoms with Crippen LogP contribution in [0.25, 0.3) is 0 Å². The molecule has 0 unspecified atom stereocenters. The summed E-state index contributed by atoms with van der Waals surface area (Å²) >= 11 is 0. The fourth-order valence-electron chi connectivity index (χ4n) is 1.70. The van der Waals surface area contributed by atoms with Gasteiger partial charge in [-0.3, -0.25) is 4.79 Å². The highest BCUT2D eigenvalue weighted by molar-refractivity contribution is 7.89. The van der Waals surface area contributed by atoms with E-state index < -0.39 is 22.0 Å². The fraction of sp³-hybridized carbons (Fsp3) is 0.429. The highest BCUT2D eigenvalue weighted by atomic mass is 32.2. The topological polar surface area (TPSA) is 122 Å². The number of primary amides is 1. The lowest BCUT2D eigenvalue weighted by atomic mass is 10.3. The molecular formula is C14H22N4O4S. The fourth-order valence-corrected chi connectivity index (χ4v) is 2.82. The van der Waals surface area contributed by atoms with Crippen LogP contribution in [0.5, 0.6) is 0 Å². The van der Waals surface area contributed by atoms with E-state index in [0.29, 0.717) is 12.2 Å². The van der Waals surface area contributed by atoms with E-state index in [9.17, 15) is 18.0 Å². The van der Waals surface area contributed by atoms with Crippen LogP contribution in [0.3, 0.4) is 0 Å². The van der Waals surface area contributed by atoms with Crippen molar-refractivity contribution in [3.63, 3.8) is 0 Å². The second-order valence-corrected chi connectivity index (χ2v) is 6.79. The van der Waals surface area contributed by atoms with Gasteiger partial charge >= 0.3 is 6.03 Å². The molecule has 0 saturated carbocycles. The molecule has 0 saturated heterocycles. The van der Waals surface area contributed by atoms with E-state index in [0.717, 1.165) is 17.7 Å². The van der Waals surface area contributed by atoms with Crippen molar-refractivity contribution in [3.8, 4) is 0 Å². The van der Waals surface area contributed by atoms with Crippen LogP contribution in [0, 0.1) is 0 Å². The van der Waals surface area contributed by atoms with Gasteiger partial charge in [-0.25, -0.2) is 17.9 Å². The van der Waals surface area contributed by atoms with Gasteiger partial charge in [0.05, 0.1) is 4.90 Å². The Morgan fingerprint density at radius 1 is 1.30 bits per heavy atom. The zero-order valence-electron chi connectivity index (χ0n) is 13.2. The standard InChI is InChI=1S/C14H22N4O4S/c1-3-4-8-16-23(21,22)12-7-5-6-11(9-12)17-13(19)10-18(2)14(15)20/h5-7,9,16H,3-4,8,10H2,1-2H3,(H2,15,20)(H,17,19). The van der Waals surface area contributed by atoms with Crippen molar-refractivity contribution < 1.29 is 18.0 Å². The van der Waals surface area contributed by atoms with Crippen LogP contribution in [0.1, 0.15) is 19.8 Å². The summed E-state index contributed by atoms with van der Waals surface area (Å²) in [5.74, 6) is -0.472. The third kappa shape index (κ3) is 6.25. The molecule has 0 radical (unpaired) electrons. The lowest BCUT2D eigenvalue weighted by Gasteiger charge is -2.14. The third-order valence-corrected chi connectivity index (χ3v) is 4.47. The molecule has 1 aromatic rings. The molecule has 4 N–H and O–H groups in total. The first-order valence-corrected chi connectivity index (χ1v) is 8.64. The maximum Gasteiger partial charge on any atom is 0.314 e. The smallest absolute Gasteiger partial charge is 0.314 e. The monoisotopic (exact) mass is 342 g/mol.